The molecule has 0 atom stereocenters. The van der Waals surface area contributed by atoms with Gasteiger partial charge in [-0.25, -0.2) is 9.37 Å². The molecule has 0 saturated carbocycles. The summed E-state index contributed by atoms with van der Waals surface area (Å²) in [6.45, 7) is 0. The SMILES string of the molecule is COc1ccc(-c2cnc(C(=O)Nc3ccc(C=O)c(Cl)c3)n2C)c(F)c1F. The Balaban J connectivity index is 1.91. The van der Waals surface area contributed by atoms with Gasteiger partial charge in [-0.15, -0.1) is 0 Å². The van der Waals surface area contributed by atoms with Gasteiger partial charge in [-0.2, -0.15) is 4.39 Å². The van der Waals surface area contributed by atoms with Crippen LogP contribution in [0.1, 0.15) is 21.0 Å². The van der Waals surface area contributed by atoms with Crippen LogP contribution in [-0.2, 0) is 7.05 Å². The third kappa shape index (κ3) is 3.46. The van der Waals surface area contributed by atoms with Crippen molar-refractivity contribution in [1.82, 2.24) is 9.55 Å². The van der Waals surface area contributed by atoms with E-state index in [4.69, 9.17) is 16.3 Å². The highest BCUT2D eigenvalue weighted by molar-refractivity contribution is 6.33. The van der Waals surface area contributed by atoms with E-state index in [1.54, 1.807) is 0 Å². The number of amides is 1. The Bertz CT molecular complexity index is 1080. The number of imidazole rings is 1. The van der Waals surface area contributed by atoms with E-state index in [-0.39, 0.29) is 33.4 Å². The summed E-state index contributed by atoms with van der Waals surface area (Å²) < 4.78 is 34.4. The summed E-state index contributed by atoms with van der Waals surface area (Å²) in [5.74, 6) is -3.07. The summed E-state index contributed by atoms with van der Waals surface area (Å²) in [6, 6.07) is 7.02. The molecule has 144 valence electrons. The van der Waals surface area contributed by atoms with Crippen molar-refractivity contribution in [3.05, 3.63) is 64.6 Å². The van der Waals surface area contributed by atoms with Crippen LogP contribution in [0.3, 0.4) is 0 Å². The zero-order chi connectivity index (χ0) is 20.4. The Kier molecular flexibility index (Phi) is 5.41. The molecule has 3 aromatic rings. The van der Waals surface area contributed by atoms with Gasteiger partial charge in [0.05, 0.1) is 24.0 Å². The van der Waals surface area contributed by atoms with Crippen LogP contribution in [0.15, 0.2) is 36.5 Å². The first-order valence-corrected chi connectivity index (χ1v) is 8.35. The van der Waals surface area contributed by atoms with Crippen LogP contribution in [0.2, 0.25) is 5.02 Å². The minimum Gasteiger partial charge on any atom is -0.494 e. The number of nitrogens with one attached hydrogen (secondary N) is 1. The lowest BCUT2D eigenvalue weighted by atomic mass is 10.1. The molecule has 0 saturated heterocycles. The van der Waals surface area contributed by atoms with E-state index in [0.29, 0.717) is 12.0 Å². The predicted molar refractivity (Wildman–Crippen MR) is 99.9 cm³/mol. The van der Waals surface area contributed by atoms with Crippen molar-refractivity contribution in [3.63, 3.8) is 0 Å². The molecule has 28 heavy (non-hydrogen) atoms. The van der Waals surface area contributed by atoms with E-state index in [0.717, 1.165) is 0 Å². The second kappa shape index (κ2) is 7.77. The molecule has 6 nitrogen and oxygen atoms in total. The lowest BCUT2D eigenvalue weighted by Gasteiger charge is -2.10. The molecule has 0 unspecified atom stereocenters. The standard InChI is InChI=1S/C19H14ClF2N3O3/c1-25-14(12-5-6-15(28-2)17(22)16(12)21)8-23-18(25)19(27)24-11-4-3-10(9-26)13(20)7-11/h3-9H,1-2H3,(H,24,27). The molecule has 0 aliphatic heterocycles. The Hall–Kier alpha value is -3.26. The minimum atomic E-state index is -1.13. The van der Waals surface area contributed by atoms with E-state index in [9.17, 15) is 18.4 Å². The summed E-state index contributed by atoms with van der Waals surface area (Å²) >= 11 is 5.94. The van der Waals surface area contributed by atoms with Gasteiger partial charge in [-0.3, -0.25) is 9.59 Å². The van der Waals surface area contributed by atoms with Gasteiger partial charge in [0.1, 0.15) is 0 Å². The van der Waals surface area contributed by atoms with Crippen molar-refractivity contribution < 1.29 is 23.1 Å². The molecule has 1 amide bonds. The Morgan fingerprint density at radius 2 is 2.00 bits per heavy atom. The van der Waals surface area contributed by atoms with Crippen LogP contribution in [0, 0.1) is 11.6 Å². The van der Waals surface area contributed by atoms with Crippen LogP contribution >= 0.6 is 11.6 Å². The topological polar surface area (TPSA) is 73.2 Å². The number of aldehydes is 1. The third-order valence-electron chi connectivity index (χ3n) is 4.12. The number of hydrogen-bond donors (Lipinski definition) is 1. The summed E-state index contributed by atoms with van der Waals surface area (Å²) in [6.07, 6.45) is 1.86. The fraction of sp³-hybridized carbons (Fsp3) is 0.105. The maximum atomic E-state index is 14.3. The molecule has 0 aliphatic carbocycles. The maximum absolute atomic E-state index is 14.3. The van der Waals surface area contributed by atoms with Gasteiger partial charge in [0.2, 0.25) is 5.82 Å². The molecule has 1 N–H and O–H groups in total. The molecule has 0 spiro atoms. The van der Waals surface area contributed by atoms with E-state index in [1.165, 1.54) is 55.3 Å². The Labute approximate surface area is 163 Å². The number of methoxy groups -OCH3 is 1. The molecule has 3 rings (SSSR count). The predicted octanol–water partition coefficient (Wildman–Crippen LogP) is 4.09. The molecule has 0 fully saturated rings. The molecular weight excluding hydrogens is 392 g/mol. The van der Waals surface area contributed by atoms with Crippen molar-refractivity contribution in [1.29, 1.82) is 0 Å². The number of aromatic nitrogens is 2. The van der Waals surface area contributed by atoms with Gasteiger partial charge in [-0.1, -0.05) is 11.6 Å². The number of halogens is 3. The van der Waals surface area contributed by atoms with E-state index < -0.39 is 17.5 Å². The van der Waals surface area contributed by atoms with Gasteiger partial charge < -0.3 is 14.6 Å². The van der Waals surface area contributed by atoms with Gasteiger partial charge in [0.15, 0.2) is 23.7 Å². The van der Waals surface area contributed by atoms with Gasteiger partial charge in [0.25, 0.3) is 5.91 Å². The number of anilines is 1. The largest absolute Gasteiger partial charge is 0.494 e. The average Bonchev–Trinajstić information content (AvgIpc) is 3.05. The molecule has 1 aromatic heterocycles. The first-order chi connectivity index (χ1) is 13.4. The lowest BCUT2D eigenvalue weighted by Crippen LogP contribution is -2.17. The number of carbonyl (C=O) groups is 2. The van der Waals surface area contributed by atoms with Crippen molar-refractivity contribution in [2.45, 2.75) is 0 Å². The molecule has 0 radical (unpaired) electrons. The summed E-state index contributed by atoms with van der Waals surface area (Å²) in [7, 11) is 2.74. The van der Waals surface area contributed by atoms with Gasteiger partial charge >= 0.3 is 0 Å². The number of hydrogen-bond acceptors (Lipinski definition) is 4. The number of ether oxygens (including phenoxy) is 1. The highest BCUT2D eigenvalue weighted by atomic mass is 35.5. The zero-order valence-electron chi connectivity index (χ0n) is 14.8. The quantitative estimate of drug-likeness (QED) is 0.649. The molecule has 9 heteroatoms. The third-order valence-corrected chi connectivity index (χ3v) is 4.45. The summed E-state index contributed by atoms with van der Waals surface area (Å²) in [4.78, 5) is 27.3. The first kappa shape index (κ1) is 19.5. The number of carbonyl (C=O) groups excluding carboxylic acids is 2. The zero-order valence-corrected chi connectivity index (χ0v) is 15.6. The number of benzene rings is 2. The minimum absolute atomic E-state index is 0.0267. The highest BCUT2D eigenvalue weighted by Gasteiger charge is 2.21. The van der Waals surface area contributed by atoms with Crippen LogP contribution in [0.5, 0.6) is 5.75 Å². The van der Waals surface area contributed by atoms with Crippen molar-refractivity contribution in [2.24, 2.45) is 7.05 Å². The van der Waals surface area contributed by atoms with Crippen molar-refractivity contribution in [2.75, 3.05) is 12.4 Å². The average molecular weight is 406 g/mol. The van der Waals surface area contributed by atoms with E-state index >= 15 is 0 Å². The van der Waals surface area contributed by atoms with Crippen LogP contribution in [0.4, 0.5) is 14.5 Å². The van der Waals surface area contributed by atoms with Crippen LogP contribution in [-0.4, -0.2) is 28.9 Å². The molecule has 0 aliphatic rings. The number of nitrogens with zero attached hydrogens (tertiary/aromatic N) is 2. The van der Waals surface area contributed by atoms with Crippen LogP contribution in [0.25, 0.3) is 11.3 Å². The van der Waals surface area contributed by atoms with E-state index in [1.807, 2.05) is 0 Å². The second-order valence-corrected chi connectivity index (χ2v) is 6.18. The highest BCUT2D eigenvalue weighted by Crippen LogP contribution is 2.30. The monoisotopic (exact) mass is 405 g/mol. The Morgan fingerprint density at radius 1 is 1.25 bits per heavy atom. The maximum Gasteiger partial charge on any atom is 0.291 e. The van der Waals surface area contributed by atoms with Gasteiger partial charge in [-0.05, 0) is 30.3 Å². The fourth-order valence-electron chi connectivity index (χ4n) is 2.65. The number of rotatable bonds is 5. The van der Waals surface area contributed by atoms with Crippen molar-refractivity contribution >= 4 is 29.5 Å². The summed E-state index contributed by atoms with van der Waals surface area (Å²) in [5.41, 5.74) is 0.784. The normalized spacial score (nSPS) is 10.6. The second-order valence-electron chi connectivity index (χ2n) is 5.78. The molecule has 0 bridgehead atoms. The van der Waals surface area contributed by atoms with Crippen molar-refractivity contribution in [3.8, 4) is 17.0 Å². The van der Waals surface area contributed by atoms with E-state index in [2.05, 4.69) is 10.3 Å². The first-order valence-electron chi connectivity index (χ1n) is 7.97. The lowest BCUT2D eigenvalue weighted by molar-refractivity contribution is 0.101. The molecule has 2 aromatic carbocycles. The molecular formula is C19H14ClF2N3O3. The Morgan fingerprint density at radius 3 is 2.64 bits per heavy atom. The van der Waals surface area contributed by atoms with Crippen LogP contribution < -0.4 is 10.1 Å². The smallest absolute Gasteiger partial charge is 0.291 e. The molecule has 1 heterocycles. The summed E-state index contributed by atoms with van der Waals surface area (Å²) in [5, 5.41) is 2.77. The fourth-order valence-corrected chi connectivity index (χ4v) is 2.87. The van der Waals surface area contributed by atoms with Gasteiger partial charge in [0, 0.05) is 23.9 Å².